The predicted octanol–water partition coefficient (Wildman–Crippen LogP) is 3.93. The Kier molecular flexibility index (Phi) is 7.87. The van der Waals surface area contributed by atoms with E-state index in [1.807, 2.05) is 30.0 Å². The first-order valence-electron chi connectivity index (χ1n) is 15.8. The second-order valence-electron chi connectivity index (χ2n) is 13.2. The number of carbonyl (C=O) groups excluding carboxylic acids is 2. The number of hydrogen-bond donors (Lipinski definition) is 1. The number of pyridine rings is 2. The Morgan fingerprint density at radius 1 is 0.978 bits per heavy atom. The SMILES string of the molecule is C[C@@H](NC(=O)c1cncc(N2CCN(C(=O)C3COC3)CC2)c1)c1ccc(C(=C2CC3(C2)CN(C)C3)c2ccc(F)cn2)cc1. The van der Waals surface area contributed by atoms with Crippen molar-refractivity contribution in [1.82, 2.24) is 25.1 Å². The summed E-state index contributed by atoms with van der Waals surface area (Å²) in [6.45, 7) is 7.92. The Balaban J connectivity index is 1.00. The monoisotopic (exact) mass is 610 g/mol. The van der Waals surface area contributed by atoms with E-state index in [1.54, 1.807) is 18.5 Å². The zero-order valence-corrected chi connectivity index (χ0v) is 25.8. The van der Waals surface area contributed by atoms with Gasteiger partial charge in [0.05, 0.1) is 54.5 Å². The molecule has 7 rings (SSSR count). The van der Waals surface area contributed by atoms with E-state index in [0.29, 0.717) is 50.4 Å². The molecule has 0 unspecified atom stereocenters. The van der Waals surface area contributed by atoms with Gasteiger partial charge in [-0.25, -0.2) is 4.39 Å². The Morgan fingerprint density at radius 3 is 2.33 bits per heavy atom. The molecule has 1 spiro atoms. The molecule has 4 aliphatic rings. The molecule has 1 atom stereocenters. The number of nitrogens with zero attached hydrogens (tertiary/aromatic N) is 5. The number of carbonyl (C=O) groups is 2. The number of allylic oxidation sites excluding steroid dienone is 1. The molecule has 1 aliphatic carbocycles. The van der Waals surface area contributed by atoms with Crippen LogP contribution in [-0.4, -0.2) is 91.1 Å². The summed E-state index contributed by atoms with van der Waals surface area (Å²) < 4.78 is 18.9. The maximum absolute atomic E-state index is 13.7. The summed E-state index contributed by atoms with van der Waals surface area (Å²) in [5, 5.41) is 3.12. The Bertz CT molecular complexity index is 1600. The molecule has 1 aromatic carbocycles. The number of aromatic nitrogens is 2. The van der Waals surface area contributed by atoms with Gasteiger partial charge in [-0.2, -0.15) is 0 Å². The minimum Gasteiger partial charge on any atom is -0.380 e. The minimum atomic E-state index is -0.344. The first-order chi connectivity index (χ1) is 21.8. The van der Waals surface area contributed by atoms with Gasteiger partial charge in [0.15, 0.2) is 0 Å². The van der Waals surface area contributed by atoms with Crippen molar-refractivity contribution in [2.75, 3.05) is 64.4 Å². The highest BCUT2D eigenvalue weighted by Crippen LogP contribution is 2.54. The molecule has 234 valence electrons. The standard InChI is InChI=1S/C35H39FN6O3/c1-23(39-33(43)26-13-30(18-37-16-26)41-9-11-42(12-10-41)34(44)28-19-45-20-28)24-3-5-25(6-4-24)32(31-8-7-29(36)17-38-31)27-14-35(15-27)21-40(2)22-35/h3-8,13,16-18,23,28H,9-12,14-15,19-22H2,1-2H3,(H,39,43)/t23-/m1/s1. The van der Waals surface area contributed by atoms with Crippen LogP contribution in [0.15, 0.2) is 66.6 Å². The van der Waals surface area contributed by atoms with Crippen LogP contribution in [0.25, 0.3) is 5.57 Å². The van der Waals surface area contributed by atoms with E-state index in [-0.39, 0.29) is 29.6 Å². The van der Waals surface area contributed by atoms with Crippen LogP contribution in [0.2, 0.25) is 0 Å². The van der Waals surface area contributed by atoms with Crippen molar-refractivity contribution in [2.45, 2.75) is 25.8 Å². The maximum atomic E-state index is 13.7. The van der Waals surface area contributed by atoms with Gasteiger partial charge < -0.3 is 24.8 Å². The van der Waals surface area contributed by atoms with Crippen LogP contribution in [0.3, 0.4) is 0 Å². The number of anilines is 1. The molecule has 0 bridgehead atoms. The second kappa shape index (κ2) is 12.0. The van der Waals surface area contributed by atoms with E-state index in [0.717, 1.165) is 54.0 Å². The van der Waals surface area contributed by atoms with Gasteiger partial charge in [-0.3, -0.25) is 19.6 Å². The Morgan fingerprint density at radius 2 is 1.71 bits per heavy atom. The number of halogens is 1. The number of piperazine rings is 1. The zero-order chi connectivity index (χ0) is 31.1. The van der Waals surface area contributed by atoms with Gasteiger partial charge >= 0.3 is 0 Å². The van der Waals surface area contributed by atoms with Gasteiger partial charge in [-0.05, 0) is 56.1 Å². The van der Waals surface area contributed by atoms with Crippen LogP contribution in [0.5, 0.6) is 0 Å². The largest absolute Gasteiger partial charge is 0.380 e. The lowest BCUT2D eigenvalue weighted by molar-refractivity contribution is -0.150. The molecule has 1 N–H and O–H groups in total. The molecule has 3 aromatic rings. The van der Waals surface area contributed by atoms with Gasteiger partial charge in [0.2, 0.25) is 5.91 Å². The van der Waals surface area contributed by atoms with E-state index in [1.165, 1.54) is 17.8 Å². The van der Waals surface area contributed by atoms with E-state index < -0.39 is 0 Å². The van der Waals surface area contributed by atoms with Crippen LogP contribution >= 0.6 is 0 Å². The van der Waals surface area contributed by atoms with Crippen molar-refractivity contribution in [3.63, 3.8) is 0 Å². The van der Waals surface area contributed by atoms with Crippen molar-refractivity contribution >= 4 is 23.1 Å². The molecule has 2 amide bonds. The summed E-state index contributed by atoms with van der Waals surface area (Å²) in [7, 11) is 2.15. The average Bonchev–Trinajstić information content (AvgIpc) is 2.99. The van der Waals surface area contributed by atoms with Crippen LogP contribution < -0.4 is 10.2 Å². The number of ether oxygens (including phenoxy) is 1. The van der Waals surface area contributed by atoms with E-state index in [2.05, 4.69) is 44.3 Å². The minimum absolute atomic E-state index is 0.000858. The van der Waals surface area contributed by atoms with Crippen molar-refractivity contribution in [3.05, 3.63) is 94.8 Å². The van der Waals surface area contributed by atoms with Crippen LogP contribution in [0.1, 0.15) is 53.0 Å². The second-order valence-corrected chi connectivity index (χ2v) is 13.2. The lowest BCUT2D eigenvalue weighted by atomic mass is 9.59. The molecule has 0 radical (unpaired) electrons. The van der Waals surface area contributed by atoms with E-state index in [4.69, 9.17) is 4.74 Å². The predicted molar refractivity (Wildman–Crippen MR) is 169 cm³/mol. The Labute approximate surface area is 263 Å². The van der Waals surface area contributed by atoms with Crippen molar-refractivity contribution < 1.29 is 18.7 Å². The van der Waals surface area contributed by atoms with Crippen LogP contribution in [-0.2, 0) is 9.53 Å². The van der Waals surface area contributed by atoms with Crippen LogP contribution in [0, 0.1) is 17.2 Å². The molecular weight excluding hydrogens is 571 g/mol. The molecule has 1 saturated carbocycles. The van der Waals surface area contributed by atoms with Crippen molar-refractivity contribution in [3.8, 4) is 0 Å². The molecule has 4 fully saturated rings. The highest BCUT2D eigenvalue weighted by Gasteiger charge is 2.49. The van der Waals surface area contributed by atoms with E-state index >= 15 is 0 Å². The summed E-state index contributed by atoms with van der Waals surface area (Å²) in [4.78, 5) is 41.0. The third kappa shape index (κ3) is 5.96. The first kappa shape index (κ1) is 29.6. The fourth-order valence-electron chi connectivity index (χ4n) is 7.26. The molecule has 3 saturated heterocycles. The summed E-state index contributed by atoms with van der Waals surface area (Å²) in [5.74, 6) is -0.363. The van der Waals surface area contributed by atoms with Gasteiger partial charge in [0.25, 0.3) is 5.91 Å². The lowest BCUT2D eigenvalue weighted by Gasteiger charge is -2.56. The van der Waals surface area contributed by atoms with Gasteiger partial charge in [0.1, 0.15) is 5.82 Å². The molecule has 2 aromatic heterocycles. The third-order valence-corrected chi connectivity index (χ3v) is 9.70. The zero-order valence-electron chi connectivity index (χ0n) is 25.8. The quantitative estimate of drug-likeness (QED) is 0.434. The summed E-state index contributed by atoms with van der Waals surface area (Å²) >= 11 is 0. The maximum Gasteiger partial charge on any atom is 0.253 e. The van der Waals surface area contributed by atoms with Gasteiger partial charge in [-0.15, -0.1) is 0 Å². The van der Waals surface area contributed by atoms with E-state index in [9.17, 15) is 14.0 Å². The number of benzene rings is 1. The number of likely N-dealkylation sites (tertiary alicyclic amines) is 1. The average molecular weight is 611 g/mol. The smallest absolute Gasteiger partial charge is 0.253 e. The normalized spacial score (nSPS) is 20.2. The van der Waals surface area contributed by atoms with Gasteiger partial charge in [0, 0.05) is 56.5 Å². The van der Waals surface area contributed by atoms with Crippen molar-refractivity contribution in [1.29, 1.82) is 0 Å². The number of nitrogens with one attached hydrogen (secondary N) is 1. The highest BCUT2D eigenvalue weighted by atomic mass is 19.1. The summed E-state index contributed by atoms with van der Waals surface area (Å²) in [6.07, 6.45) is 6.72. The number of amides is 2. The van der Waals surface area contributed by atoms with Crippen molar-refractivity contribution in [2.24, 2.45) is 11.3 Å². The molecule has 3 aliphatic heterocycles. The fourth-order valence-corrected chi connectivity index (χ4v) is 7.26. The lowest BCUT2D eigenvalue weighted by Crippen LogP contribution is -2.58. The van der Waals surface area contributed by atoms with Crippen LogP contribution in [0.4, 0.5) is 10.1 Å². The molecule has 5 heterocycles. The fraction of sp³-hybridized carbons (Fsp3) is 0.429. The first-order valence-corrected chi connectivity index (χ1v) is 15.8. The molecule has 45 heavy (non-hydrogen) atoms. The molecule has 10 heteroatoms. The highest BCUT2D eigenvalue weighted by molar-refractivity contribution is 5.95. The van der Waals surface area contributed by atoms with Gasteiger partial charge in [-0.1, -0.05) is 29.8 Å². The topological polar surface area (TPSA) is 90.9 Å². The summed E-state index contributed by atoms with van der Waals surface area (Å²) in [5.41, 5.74) is 7.02. The number of hydrogen-bond acceptors (Lipinski definition) is 7. The Hall–Kier alpha value is -4.15. The summed E-state index contributed by atoms with van der Waals surface area (Å²) in [6, 6.07) is 13.1. The number of rotatable bonds is 7. The third-order valence-electron chi connectivity index (χ3n) is 9.70. The molecular formula is C35H39FN6O3. The molecule has 9 nitrogen and oxygen atoms in total.